The highest BCUT2D eigenvalue weighted by atomic mass is 79.9. The monoisotopic (exact) mass is 309 g/mol. The Hall–Kier alpha value is -1.32. The maximum absolute atomic E-state index is 9.69. The van der Waals surface area contributed by atoms with Gasteiger partial charge in [0.05, 0.1) is 5.02 Å². The van der Waals surface area contributed by atoms with Crippen LogP contribution < -0.4 is 0 Å². The Labute approximate surface area is 113 Å². The summed E-state index contributed by atoms with van der Waals surface area (Å²) >= 11 is 9.22. The zero-order valence-electron chi connectivity index (χ0n) is 8.77. The highest BCUT2D eigenvalue weighted by Crippen LogP contribution is 2.33. The highest BCUT2D eigenvalue weighted by molar-refractivity contribution is 9.10. The maximum atomic E-state index is 9.69. The molecule has 0 aromatic heterocycles. The lowest BCUT2D eigenvalue weighted by molar-refractivity contribution is 0.477. The van der Waals surface area contributed by atoms with Crippen LogP contribution in [0.4, 0.5) is 5.69 Å². The maximum Gasteiger partial charge on any atom is 0.159 e. The van der Waals surface area contributed by atoms with Gasteiger partial charge in [-0.15, -0.1) is 0 Å². The first-order chi connectivity index (χ1) is 8.18. The fourth-order valence-electron chi connectivity index (χ4n) is 1.33. The zero-order chi connectivity index (χ0) is 12.3. The minimum Gasteiger partial charge on any atom is -0.504 e. The molecule has 0 fully saturated rings. The molecule has 0 heterocycles. The van der Waals surface area contributed by atoms with E-state index < -0.39 is 0 Å². The smallest absolute Gasteiger partial charge is 0.159 e. The molecule has 0 aliphatic heterocycles. The molecule has 0 radical (unpaired) electrons. The van der Waals surface area contributed by atoms with Crippen LogP contribution in [-0.2, 0) is 0 Å². The number of nitrogens with zero attached hydrogens (tertiary/aromatic N) is 1. The van der Waals surface area contributed by atoms with Crippen LogP contribution in [0.15, 0.2) is 51.9 Å². The van der Waals surface area contributed by atoms with Crippen molar-refractivity contribution in [2.75, 3.05) is 0 Å². The standard InChI is InChI=1S/C13H9BrClNO/c14-10-5-2-1-4-9(10)8-16-12-7-3-6-11(15)13(12)17/h1-8,17H. The fraction of sp³-hybridized carbons (Fsp3) is 0. The minimum atomic E-state index is -0.00234. The quantitative estimate of drug-likeness (QED) is 0.810. The Bertz CT molecular complexity index is 569. The summed E-state index contributed by atoms with van der Waals surface area (Å²) in [6, 6.07) is 12.8. The summed E-state index contributed by atoms with van der Waals surface area (Å²) in [7, 11) is 0. The number of hydrogen-bond donors (Lipinski definition) is 1. The SMILES string of the molecule is Oc1c(Cl)cccc1N=Cc1ccccc1Br. The first-order valence-corrected chi connectivity index (χ1v) is 6.11. The van der Waals surface area contributed by atoms with E-state index in [4.69, 9.17) is 11.6 Å². The Kier molecular flexibility index (Phi) is 3.82. The molecule has 0 saturated carbocycles. The van der Waals surface area contributed by atoms with Gasteiger partial charge in [-0.1, -0.05) is 51.8 Å². The lowest BCUT2D eigenvalue weighted by Gasteiger charge is -2.00. The van der Waals surface area contributed by atoms with Crippen molar-refractivity contribution in [2.45, 2.75) is 0 Å². The molecular weight excluding hydrogens is 302 g/mol. The number of aliphatic imine (C=N–C) groups is 1. The van der Waals surface area contributed by atoms with Gasteiger partial charge in [0.25, 0.3) is 0 Å². The molecule has 1 N–H and O–H groups in total. The van der Waals surface area contributed by atoms with Crippen molar-refractivity contribution in [3.8, 4) is 5.75 Å². The van der Waals surface area contributed by atoms with Crippen LogP contribution in [-0.4, -0.2) is 11.3 Å². The second kappa shape index (κ2) is 5.34. The van der Waals surface area contributed by atoms with Crippen molar-refractivity contribution in [3.63, 3.8) is 0 Å². The number of halogens is 2. The third-order valence-electron chi connectivity index (χ3n) is 2.21. The van der Waals surface area contributed by atoms with Crippen LogP contribution in [0.25, 0.3) is 0 Å². The third-order valence-corrected chi connectivity index (χ3v) is 3.24. The first-order valence-electron chi connectivity index (χ1n) is 4.94. The van der Waals surface area contributed by atoms with Crippen molar-refractivity contribution < 1.29 is 5.11 Å². The van der Waals surface area contributed by atoms with Crippen molar-refractivity contribution in [3.05, 3.63) is 57.5 Å². The number of aromatic hydroxyl groups is 1. The van der Waals surface area contributed by atoms with E-state index in [0.717, 1.165) is 10.0 Å². The molecule has 2 rings (SSSR count). The van der Waals surface area contributed by atoms with E-state index in [1.807, 2.05) is 24.3 Å². The van der Waals surface area contributed by atoms with Gasteiger partial charge in [0, 0.05) is 16.3 Å². The molecule has 0 amide bonds. The Morgan fingerprint density at radius 3 is 2.65 bits per heavy atom. The van der Waals surface area contributed by atoms with Gasteiger partial charge in [0.1, 0.15) is 5.69 Å². The summed E-state index contributed by atoms with van der Waals surface area (Å²) in [5.41, 5.74) is 1.39. The van der Waals surface area contributed by atoms with E-state index in [2.05, 4.69) is 20.9 Å². The third kappa shape index (κ3) is 2.87. The van der Waals surface area contributed by atoms with Gasteiger partial charge in [0.15, 0.2) is 5.75 Å². The average Bonchev–Trinajstić information content (AvgIpc) is 2.33. The minimum absolute atomic E-state index is 0.00234. The normalized spacial score (nSPS) is 10.9. The summed E-state index contributed by atoms with van der Waals surface area (Å²) in [6.07, 6.45) is 1.68. The van der Waals surface area contributed by atoms with Crippen molar-refractivity contribution in [1.82, 2.24) is 0 Å². The van der Waals surface area contributed by atoms with E-state index in [-0.39, 0.29) is 5.75 Å². The average molecular weight is 311 g/mol. The van der Waals surface area contributed by atoms with Crippen LogP contribution in [0.5, 0.6) is 5.75 Å². The number of para-hydroxylation sites is 1. The Balaban J connectivity index is 2.33. The van der Waals surface area contributed by atoms with E-state index >= 15 is 0 Å². The highest BCUT2D eigenvalue weighted by Gasteiger charge is 2.02. The molecular formula is C13H9BrClNO. The van der Waals surface area contributed by atoms with Gasteiger partial charge >= 0.3 is 0 Å². The van der Waals surface area contributed by atoms with E-state index in [9.17, 15) is 5.11 Å². The van der Waals surface area contributed by atoms with E-state index in [1.165, 1.54) is 0 Å². The molecule has 0 aliphatic rings. The molecule has 2 aromatic rings. The molecule has 86 valence electrons. The molecule has 0 atom stereocenters. The Morgan fingerprint density at radius 2 is 1.88 bits per heavy atom. The summed E-state index contributed by atoms with van der Waals surface area (Å²) in [4.78, 5) is 4.21. The Morgan fingerprint density at radius 1 is 1.12 bits per heavy atom. The molecule has 0 saturated heterocycles. The predicted octanol–water partition coefficient (Wildman–Crippen LogP) is 4.56. The molecule has 0 spiro atoms. The number of hydrogen-bond acceptors (Lipinski definition) is 2. The second-order valence-electron chi connectivity index (χ2n) is 3.39. The number of rotatable bonds is 2. The van der Waals surface area contributed by atoms with Gasteiger partial charge in [-0.25, -0.2) is 0 Å². The number of phenols is 1. The molecule has 2 aromatic carbocycles. The van der Waals surface area contributed by atoms with Crippen LogP contribution in [0, 0.1) is 0 Å². The molecule has 0 bridgehead atoms. The van der Waals surface area contributed by atoms with Gasteiger partial charge in [-0.2, -0.15) is 0 Å². The van der Waals surface area contributed by atoms with Crippen LogP contribution in [0.2, 0.25) is 5.02 Å². The van der Waals surface area contributed by atoms with E-state index in [1.54, 1.807) is 24.4 Å². The van der Waals surface area contributed by atoms with Gasteiger partial charge in [-0.05, 0) is 18.2 Å². The topological polar surface area (TPSA) is 32.6 Å². The van der Waals surface area contributed by atoms with Crippen molar-refractivity contribution in [1.29, 1.82) is 0 Å². The predicted molar refractivity (Wildman–Crippen MR) is 74.5 cm³/mol. The molecule has 4 heteroatoms. The van der Waals surface area contributed by atoms with Crippen molar-refractivity contribution >= 4 is 39.4 Å². The molecule has 0 unspecified atom stereocenters. The lowest BCUT2D eigenvalue weighted by atomic mass is 10.2. The zero-order valence-corrected chi connectivity index (χ0v) is 11.1. The van der Waals surface area contributed by atoms with Crippen LogP contribution in [0.1, 0.15) is 5.56 Å². The van der Waals surface area contributed by atoms with E-state index in [0.29, 0.717) is 10.7 Å². The summed E-state index contributed by atoms with van der Waals surface area (Å²) in [6.45, 7) is 0. The van der Waals surface area contributed by atoms with Crippen molar-refractivity contribution in [2.24, 2.45) is 4.99 Å². The fourth-order valence-corrected chi connectivity index (χ4v) is 1.88. The largest absolute Gasteiger partial charge is 0.504 e. The number of benzene rings is 2. The first kappa shape index (κ1) is 12.1. The summed E-state index contributed by atoms with van der Waals surface area (Å²) in [5.74, 6) is -0.00234. The summed E-state index contributed by atoms with van der Waals surface area (Å²) in [5, 5.41) is 9.99. The molecule has 0 aliphatic carbocycles. The van der Waals surface area contributed by atoms with Crippen LogP contribution >= 0.6 is 27.5 Å². The second-order valence-corrected chi connectivity index (χ2v) is 4.65. The molecule has 2 nitrogen and oxygen atoms in total. The number of phenolic OH excluding ortho intramolecular Hbond substituents is 1. The summed E-state index contributed by atoms with van der Waals surface area (Å²) < 4.78 is 0.949. The van der Waals surface area contributed by atoms with Gasteiger partial charge in [0.2, 0.25) is 0 Å². The molecule has 17 heavy (non-hydrogen) atoms. The van der Waals surface area contributed by atoms with Crippen LogP contribution in [0.3, 0.4) is 0 Å². The van der Waals surface area contributed by atoms with Gasteiger partial charge in [-0.3, -0.25) is 4.99 Å². The van der Waals surface area contributed by atoms with Gasteiger partial charge < -0.3 is 5.11 Å². The lowest BCUT2D eigenvalue weighted by Crippen LogP contribution is -1.81.